The van der Waals surface area contributed by atoms with Gasteiger partial charge in [-0.15, -0.1) is 0 Å². The number of anilines is 1. The average Bonchev–Trinajstić information content (AvgIpc) is 3.03. The van der Waals surface area contributed by atoms with Crippen LogP contribution in [0, 0.1) is 0 Å². The van der Waals surface area contributed by atoms with Crippen molar-refractivity contribution in [2.45, 2.75) is 37.5 Å². The van der Waals surface area contributed by atoms with E-state index in [0.717, 1.165) is 42.8 Å². The lowest BCUT2D eigenvalue weighted by atomic mass is 10.0. The van der Waals surface area contributed by atoms with E-state index < -0.39 is 11.7 Å². The summed E-state index contributed by atoms with van der Waals surface area (Å²) in [5.41, 5.74) is 1.37. The van der Waals surface area contributed by atoms with E-state index >= 15 is 0 Å². The van der Waals surface area contributed by atoms with Gasteiger partial charge in [0.05, 0.1) is 22.8 Å². The smallest absolute Gasteiger partial charge is 0.345 e. The lowest BCUT2D eigenvalue weighted by Crippen LogP contribution is -2.38. The molecule has 2 aromatic heterocycles. The van der Waals surface area contributed by atoms with Crippen molar-refractivity contribution in [3.8, 4) is 0 Å². The van der Waals surface area contributed by atoms with Crippen LogP contribution in [0.3, 0.4) is 0 Å². The molecule has 2 aliphatic rings. The van der Waals surface area contributed by atoms with E-state index in [0.29, 0.717) is 5.82 Å². The number of H-pyrrole nitrogens is 1. The fourth-order valence-corrected chi connectivity index (χ4v) is 3.76. The zero-order valence-corrected chi connectivity index (χ0v) is 12.1. The van der Waals surface area contributed by atoms with E-state index in [1.165, 1.54) is 0 Å². The van der Waals surface area contributed by atoms with Crippen LogP contribution in [-0.4, -0.2) is 21.2 Å². The second-order valence-corrected chi connectivity index (χ2v) is 6.10. The molecule has 4 rings (SSSR count). The molecule has 4 nitrogen and oxygen atoms in total. The van der Waals surface area contributed by atoms with Crippen molar-refractivity contribution in [2.75, 3.05) is 4.90 Å². The van der Waals surface area contributed by atoms with E-state index in [4.69, 9.17) is 11.6 Å². The first kappa shape index (κ1) is 13.9. The van der Waals surface area contributed by atoms with E-state index in [1.54, 1.807) is 6.20 Å². The van der Waals surface area contributed by atoms with Gasteiger partial charge in [0.1, 0.15) is 5.82 Å². The Labute approximate surface area is 129 Å². The molecule has 2 aromatic rings. The SMILES string of the molecule is FC(F)(F)c1cnc(N2[C@H]3CC[C@H]2c2cn[nH]c2C3)c(Cl)c1. The predicted octanol–water partition coefficient (Wildman–Crippen LogP) is 3.74. The van der Waals surface area contributed by atoms with Gasteiger partial charge in [0.2, 0.25) is 0 Å². The summed E-state index contributed by atoms with van der Waals surface area (Å²) in [5, 5.41) is 7.10. The van der Waals surface area contributed by atoms with Gasteiger partial charge in [-0.25, -0.2) is 4.98 Å². The average molecular weight is 329 g/mol. The molecular formula is C14H12ClF3N4. The van der Waals surface area contributed by atoms with Gasteiger partial charge in [0.15, 0.2) is 0 Å². The van der Waals surface area contributed by atoms with Crippen LogP contribution >= 0.6 is 11.6 Å². The fourth-order valence-electron chi connectivity index (χ4n) is 3.49. The normalized spacial score (nSPS) is 23.7. The van der Waals surface area contributed by atoms with Crippen molar-refractivity contribution < 1.29 is 13.2 Å². The van der Waals surface area contributed by atoms with Crippen molar-refractivity contribution in [1.29, 1.82) is 0 Å². The van der Waals surface area contributed by atoms with Gasteiger partial charge >= 0.3 is 6.18 Å². The molecule has 1 fully saturated rings. The van der Waals surface area contributed by atoms with Gasteiger partial charge in [-0.05, 0) is 18.9 Å². The number of hydrogen-bond donors (Lipinski definition) is 1. The van der Waals surface area contributed by atoms with Gasteiger partial charge in [-0.2, -0.15) is 18.3 Å². The third-order valence-corrected chi connectivity index (χ3v) is 4.72. The lowest BCUT2D eigenvalue weighted by Gasteiger charge is -2.36. The number of pyridine rings is 1. The van der Waals surface area contributed by atoms with E-state index in [-0.39, 0.29) is 17.1 Å². The largest absolute Gasteiger partial charge is 0.417 e. The van der Waals surface area contributed by atoms with Gasteiger partial charge in [-0.1, -0.05) is 11.6 Å². The van der Waals surface area contributed by atoms with Crippen LogP contribution in [0.25, 0.3) is 0 Å². The highest BCUT2D eigenvalue weighted by Gasteiger charge is 2.42. The number of nitrogens with one attached hydrogen (secondary N) is 1. The number of fused-ring (bicyclic) bond motifs is 4. The Kier molecular flexibility index (Phi) is 2.91. The minimum atomic E-state index is -4.44. The zero-order chi connectivity index (χ0) is 15.5. The maximum Gasteiger partial charge on any atom is 0.417 e. The van der Waals surface area contributed by atoms with Gasteiger partial charge < -0.3 is 4.90 Å². The summed E-state index contributed by atoms with van der Waals surface area (Å²) in [4.78, 5) is 6.05. The number of halogens is 4. The van der Waals surface area contributed by atoms with E-state index in [2.05, 4.69) is 15.2 Å². The van der Waals surface area contributed by atoms with Crippen molar-refractivity contribution >= 4 is 17.4 Å². The number of aromatic amines is 1. The Hall–Kier alpha value is -1.76. The van der Waals surface area contributed by atoms with E-state index in [9.17, 15) is 13.2 Å². The van der Waals surface area contributed by atoms with Gasteiger partial charge in [-0.3, -0.25) is 5.10 Å². The topological polar surface area (TPSA) is 44.8 Å². The Morgan fingerprint density at radius 1 is 1.27 bits per heavy atom. The maximum atomic E-state index is 12.7. The highest BCUT2D eigenvalue weighted by molar-refractivity contribution is 6.33. The Morgan fingerprint density at radius 2 is 2.09 bits per heavy atom. The highest BCUT2D eigenvalue weighted by Crippen LogP contribution is 2.47. The van der Waals surface area contributed by atoms with E-state index in [1.807, 2.05) is 4.90 Å². The first-order chi connectivity index (χ1) is 10.4. The Balaban J connectivity index is 1.75. The number of aromatic nitrogens is 3. The molecule has 0 amide bonds. The molecule has 4 heterocycles. The summed E-state index contributed by atoms with van der Waals surface area (Å²) in [6.45, 7) is 0. The Morgan fingerprint density at radius 3 is 2.82 bits per heavy atom. The second kappa shape index (κ2) is 4.62. The molecule has 2 aliphatic heterocycles. The maximum absolute atomic E-state index is 12.7. The monoisotopic (exact) mass is 328 g/mol. The molecule has 1 saturated heterocycles. The number of hydrogen-bond acceptors (Lipinski definition) is 3. The summed E-state index contributed by atoms with van der Waals surface area (Å²) in [6, 6.07) is 1.22. The van der Waals surface area contributed by atoms with Crippen LogP contribution in [-0.2, 0) is 12.6 Å². The van der Waals surface area contributed by atoms with Crippen molar-refractivity contribution in [3.05, 3.63) is 40.3 Å². The molecule has 0 unspecified atom stereocenters. The van der Waals surface area contributed by atoms with Crippen LogP contribution in [0.15, 0.2) is 18.5 Å². The van der Waals surface area contributed by atoms with Crippen LogP contribution in [0.4, 0.5) is 19.0 Å². The summed E-state index contributed by atoms with van der Waals surface area (Å²) >= 11 is 6.10. The molecular weight excluding hydrogens is 317 g/mol. The molecule has 22 heavy (non-hydrogen) atoms. The summed E-state index contributed by atoms with van der Waals surface area (Å²) in [6.07, 6.45) is 0.874. The number of nitrogens with zero attached hydrogens (tertiary/aromatic N) is 3. The number of alkyl halides is 3. The minimum absolute atomic E-state index is 0.0404. The van der Waals surface area contributed by atoms with Crippen LogP contribution < -0.4 is 4.90 Å². The summed E-state index contributed by atoms with van der Waals surface area (Å²) in [5.74, 6) is 0.425. The zero-order valence-electron chi connectivity index (χ0n) is 11.4. The molecule has 1 N–H and O–H groups in total. The van der Waals surface area contributed by atoms with Crippen molar-refractivity contribution in [1.82, 2.24) is 15.2 Å². The molecule has 0 aliphatic carbocycles. The van der Waals surface area contributed by atoms with Crippen molar-refractivity contribution in [3.63, 3.8) is 0 Å². The van der Waals surface area contributed by atoms with Crippen LogP contribution in [0.5, 0.6) is 0 Å². The minimum Gasteiger partial charge on any atom is -0.345 e. The molecule has 0 radical (unpaired) electrons. The molecule has 2 bridgehead atoms. The predicted molar refractivity (Wildman–Crippen MR) is 74.8 cm³/mol. The van der Waals surface area contributed by atoms with Gasteiger partial charge in [0.25, 0.3) is 0 Å². The third-order valence-electron chi connectivity index (χ3n) is 4.45. The quantitative estimate of drug-likeness (QED) is 0.867. The third kappa shape index (κ3) is 1.99. The lowest BCUT2D eigenvalue weighted by molar-refractivity contribution is -0.137. The molecule has 0 spiro atoms. The first-order valence-corrected chi connectivity index (χ1v) is 7.36. The summed E-state index contributed by atoms with van der Waals surface area (Å²) < 4.78 is 38.2. The second-order valence-electron chi connectivity index (χ2n) is 5.69. The first-order valence-electron chi connectivity index (χ1n) is 6.98. The molecule has 8 heteroatoms. The highest BCUT2D eigenvalue weighted by atomic mass is 35.5. The van der Waals surface area contributed by atoms with Crippen molar-refractivity contribution in [2.24, 2.45) is 0 Å². The standard InChI is InChI=1S/C14H12ClF3N4/c15-10-3-7(14(16,17)18)5-19-13(10)22-8-1-2-12(22)9-6-20-21-11(9)4-8/h3,5-6,8,12H,1-2,4H2,(H,20,21)/t8-,12-/m0/s1. The molecule has 0 aromatic carbocycles. The number of rotatable bonds is 1. The van der Waals surface area contributed by atoms with Crippen LogP contribution in [0.2, 0.25) is 5.02 Å². The Bertz CT molecular complexity index is 727. The van der Waals surface area contributed by atoms with Crippen LogP contribution in [0.1, 0.15) is 35.7 Å². The molecule has 116 valence electrons. The van der Waals surface area contributed by atoms with Gasteiger partial charge in [0, 0.05) is 29.9 Å². The molecule has 0 saturated carbocycles. The molecule has 2 atom stereocenters. The fraction of sp³-hybridized carbons (Fsp3) is 0.429. The summed E-state index contributed by atoms with van der Waals surface area (Å²) in [7, 11) is 0.